The van der Waals surface area contributed by atoms with Gasteiger partial charge in [-0.1, -0.05) is 18.7 Å². The van der Waals surface area contributed by atoms with Crippen molar-refractivity contribution in [3.05, 3.63) is 0 Å². The van der Waals surface area contributed by atoms with Crippen molar-refractivity contribution in [2.45, 2.75) is 32.2 Å². The number of hydrogen-bond acceptors (Lipinski definition) is 3. The highest BCUT2D eigenvalue weighted by Gasteiger charge is 2.30. The highest BCUT2D eigenvalue weighted by Crippen LogP contribution is 2.25. The van der Waals surface area contributed by atoms with Gasteiger partial charge in [0.2, 0.25) is 5.91 Å². The average Bonchev–Trinajstić information content (AvgIpc) is 2.48. The molecule has 0 saturated carbocycles. The van der Waals surface area contributed by atoms with Crippen molar-refractivity contribution in [3.8, 4) is 0 Å². The third-order valence-corrected chi connectivity index (χ3v) is 3.62. The molecule has 1 unspecified atom stereocenters. The van der Waals surface area contributed by atoms with E-state index in [-0.39, 0.29) is 11.4 Å². The maximum absolute atomic E-state index is 10.5. The van der Waals surface area contributed by atoms with Crippen molar-refractivity contribution in [1.82, 2.24) is 5.32 Å². The van der Waals surface area contributed by atoms with Gasteiger partial charge in [0.25, 0.3) is 0 Å². The van der Waals surface area contributed by atoms with Crippen molar-refractivity contribution in [1.29, 1.82) is 0 Å². The molecule has 0 aromatic heterocycles. The summed E-state index contributed by atoms with van der Waals surface area (Å²) in [5.41, 5.74) is 5.18. The van der Waals surface area contributed by atoms with Crippen LogP contribution in [0.3, 0.4) is 0 Å². The van der Waals surface area contributed by atoms with Crippen LogP contribution in [0.2, 0.25) is 0 Å². The minimum absolute atomic E-state index is 0.163. The Morgan fingerprint density at radius 1 is 1.79 bits per heavy atom. The second-order valence-corrected chi connectivity index (χ2v) is 4.70. The van der Waals surface area contributed by atoms with E-state index < -0.39 is 0 Å². The average molecular weight is 215 g/mol. The minimum Gasteiger partial charge on any atom is -0.370 e. The Labute approximate surface area is 88.7 Å². The zero-order valence-electron chi connectivity index (χ0n) is 8.67. The standard InChI is InChI=1S/C9H17N3OS/c1-3-9(2)6-14-8(12-9)11-5-4-7(10)13/h3-6H2,1-2H3,(H2,10,13)(H,11,12). The van der Waals surface area contributed by atoms with E-state index in [1.54, 1.807) is 11.8 Å². The smallest absolute Gasteiger partial charge is 0.219 e. The van der Waals surface area contributed by atoms with Crippen molar-refractivity contribution < 1.29 is 4.79 Å². The van der Waals surface area contributed by atoms with Gasteiger partial charge in [0.1, 0.15) is 0 Å². The third-order valence-electron chi connectivity index (χ3n) is 2.33. The fraction of sp³-hybridized carbons (Fsp3) is 0.778. The fourth-order valence-corrected chi connectivity index (χ4v) is 2.33. The first-order valence-electron chi connectivity index (χ1n) is 4.79. The normalized spacial score (nSPS) is 29.1. The molecule has 0 spiro atoms. The summed E-state index contributed by atoms with van der Waals surface area (Å²) in [5, 5.41) is 4.29. The molecular weight excluding hydrogens is 198 g/mol. The van der Waals surface area contributed by atoms with Crippen molar-refractivity contribution in [2.75, 3.05) is 12.3 Å². The molecular formula is C9H17N3OS. The van der Waals surface area contributed by atoms with E-state index in [0.29, 0.717) is 13.0 Å². The van der Waals surface area contributed by atoms with Gasteiger partial charge in [-0.05, 0) is 13.3 Å². The summed E-state index contributed by atoms with van der Waals surface area (Å²) in [5.74, 6) is 0.745. The number of carbonyl (C=O) groups excluding carboxylic acids is 1. The molecule has 3 N–H and O–H groups in total. The first kappa shape index (κ1) is 11.4. The molecule has 4 nitrogen and oxygen atoms in total. The number of amides is 1. The van der Waals surface area contributed by atoms with Gasteiger partial charge in [0.05, 0.1) is 6.54 Å². The quantitative estimate of drug-likeness (QED) is 0.726. The minimum atomic E-state index is -0.296. The van der Waals surface area contributed by atoms with Crippen molar-refractivity contribution >= 4 is 22.8 Å². The van der Waals surface area contributed by atoms with E-state index in [0.717, 1.165) is 17.3 Å². The van der Waals surface area contributed by atoms with Crippen LogP contribution in [-0.2, 0) is 4.79 Å². The lowest BCUT2D eigenvalue weighted by molar-refractivity contribution is -0.117. The number of nitrogens with zero attached hydrogens (tertiary/aromatic N) is 1. The van der Waals surface area contributed by atoms with Gasteiger partial charge in [0, 0.05) is 17.7 Å². The van der Waals surface area contributed by atoms with Crippen LogP contribution in [0, 0.1) is 0 Å². The van der Waals surface area contributed by atoms with Crippen LogP contribution < -0.4 is 11.1 Å². The Bertz CT molecular complexity index is 254. The molecule has 0 aromatic carbocycles. The number of amidine groups is 1. The predicted octanol–water partition coefficient (Wildman–Crippen LogP) is 0.723. The monoisotopic (exact) mass is 215 g/mol. The molecule has 0 aliphatic carbocycles. The first-order valence-corrected chi connectivity index (χ1v) is 5.78. The molecule has 1 fully saturated rings. The maximum atomic E-state index is 10.5. The highest BCUT2D eigenvalue weighted by atomic mass is 32.2. The van der Waals surface area contributed by atoms with Crippen molar-refractivity contribution in [3.63, 3.8) is 0 Å². The molecule has 1 atom stereocenters. The summed E-state index contributed by atoms with van der Waals surface area (Å²) >= 11 is 1.71. The fourth-order valence-electron chi connectivity index (χ4n) is 1.10. The highest BCUT2D eigenvalue weighted by molar-refractivity contribution is 8.14. The van der Waals surface area contributed by atoms with Gasteiger partial charge in [-0.2, -0.15) is 0 Å². The van der Waals surface area contributed by atoms with Crippen LogP contribution in [0.4, 0.5) is 0 Å². The Balaban J connectivity index is 2.38. The van der Waals surface area contributed by atoms with Crippen LogP contribution in [0.25, 0.3) is 0 Å². The van der Waals surface area contributed by atoms with E-state index in [1.165, 1.54) is 0 Å². The van der Waals surface area contributed by atoms with Gasteiger partial charge in [-0.3, -0.25) is 9.79 Å². The summed E-state index contributed by atoms with van der Waals surface area (Å²) < 4.78 is 0. The van der Waals surface area contributed by atoms with Crippen LogP contribution in [0.5, 0.6) is 0 Å². The molecule has 5 heteroatoms. The summed E-state index contributed by atoms with van der Waals surface area (Å²) in [7, 11) is 0. The number of thioether (sulfide) groups is 1. The molecule has 1 amide bonds. The first-order chi connectivity index (χ1) is 6.56. The number of hydrogen-bond donors (Lipinski definition) is 2. The second-order valence-electron chi connectivity index (χ2n) is 3.73. The van der Waals surface area contributed by atoms with E-state index in [1.807, 2.05) is 0 Å². The van der Waals surface area contributed by atoms with Crippen LogP contribution in [0.15, 0.2) is 4.99 Å². The molecule has 0 radical (unpaired) electrons. The van der Waals surface area contributed by atoms with Gasteiger partial charge in [-0.25, -0.2) is 0 Å². The third kappa shape index (κ3) is 3.21. The number of rotatable bonds is 4. The summed E-state index contributed by atoms with van der Waals surface area (Å²) in [6.07, 6.45) is 1.41. The number of primary amides is 1. The van der Waals surface area contributed by atoms with Crippen LogP contribution in [0.1, 0.15) is 26.7 Å². The lowest BCUT2D eigenvalue weighted by atomic mass is 10.0. The lowest BCUT2D eigenvalue weighted by Gasteiger charge is -2.20. The Morgan fingerprint density at radius 2 is 2.50 bits per heavy atom. The zero-order chi connectivity index (χ0) is 10.6. The Morgan fingerprint density at radius 3 is 3.00 bits per heavy atom. The molecule has 1 aliphatic heterocycles. The van der Waals surface area contributed by atoms with Gasteiger partial charge < -0.3 is 11.1 Å². The Kier molecular flexibility index (Phi) is 3.80. The van der Waals surface area contributed by atoms with E-state index >= 15 is 0 Å². The maximum Gasteiger partial charge on any atom is 0.219 e. The van der Waals surface area contributed by atoms with Crippen LogP contribution >= 0.6 is 11.8 Å². The molecule has 1 rings (SSSR count). The van der Waals surface area contributed by atoms with Crippen LogP contribution in [-0.4, -0.2) is 28.9 Å². The lowest BCUT2D eigenvalue weighted by Crippen LogP contribution is -2.39. The number of nitrogens with two attached hydrogens (primary N) is 1. The summed E-state index contributed by atoms with van der Waals surface area (Å²) in [6.45, 7) is 4.82. The van der Waals surface area contributed by atoms with E-state index in [2.05, 4.69) is 24.2 Å². The second kappa shape index (κ2) is 4.68. The molecule has 0 bridgehead atoms. The molecule has 80 valence electrons. The molecule has 1 heterocycles. The SMILES string of the molecule is CCC1(C)CSC(=NCCC(N)=O)N1. The number of nitrogens with one attached hydrogen (secondary N) is 1. The zero-order valence-corrected chi connectivity index (χ0v) is 9.49. The molecule has 1 saturated heterocycles. The van der Waals surface area contributed by atoms with Crippen molar-refractivity contribution in [2.24, 2.45) is 10.7 Å². The van der Waals surface area contributed by atoms with Gasteiger partial charge in [-0.15, -0.1) is 0 Å². The predicted molar refractivity (Wildman–Crippen MR) is 60.4 cm³/mol. The molecule has 1 aliphatic rings. The summed E-state index contributed by atoms with van der Waals surface area (Å²) in [6, 6.07) is 0. The summed E-state index contributed by atoms with van der Waals surface area (Å²) in [4.78, 5) is 14.8. The Hall–Kier alpha value is -0.710. The number of aliphatic imine (C=N–C) groups is 1. The van der Waals surface area contributed by atoms with E-state index in [9.17, 15) is 4.79 Å². The van der Waals surface area contributed by atoms with Gasteiger partial charge >= 0.3 is 0 Å². The van der Waals surface area contributed by atoms with Gasteiger partial charge in [0.15, 0.2) is 5.17 Å². The molecule has 0 aromatic rings. The topological polar surface area (TPSA) is 67.5 Å². The largest absolute Gasteiger partial charge is 0.370 e. The number of carbonyl (C=O) groups is 1. The molecule has 14 heavy (non-hydrogen) atoms. The van der Waals surface area contributed by atoms with E-state index in [4.69, 9.17) is 5.73 Å².